The Balaban J connectivity index is 0.000000370. The highest BCUT2D eigenvalue weighted by Crippen LogP contribution is 2.34. The lowest BCUT2D eigenvalue weighted by atomic mass is 10.1. The average Bonchev–Trinajstić information content (AvgIpc) is 2.76. The van der Waals surface area contributed by atoms with E-state index in [-0.39, 0.29) is 11.5 Å². The number of para-hydroxylation sites is 1. The number of phenolic OH excluding ortho intramolecular Hbond substituents is 2. The van der Waals surface area contributed by atoms with Gasteiger partial charge in [0.15, 0.2) is 0 Å². The van der Waals surface area contributed by atoms with Crippen LogP contribution in [0.2, 0.25) is 0 Å². The van der Waals surface area contributed by atoms with Crippen LogP contribution in [-0.2, 0) is 4.74 Å². The summed E-state index contributed by atoms with van der Waals surface area (Å²) in [5.41, 5.74) is 2.67. The third kappa shape index (κ3) is 7.08. The summed E-state index contributed by atoms with van der Waals surface area (Å²) in [4.78, 5) is 0. The van der Waals surface area contributed by atoms with Crippen LogP contribution in [0.25, 0.3) is 11.1 Å². The summed E-state index contributed by atoms with van der Waals surface area (Å²) in [5, 5.41) is 27.6. The Kier molecular flexibility index (Phi) is 8.86. The Hall–Kier alpha value is -3.70. The molecule has 0 aromatic heterocycles. The average molecular weight is 388 g/mol. The summed E-state index contributed by atoms with van der Waals surface area (Å²) in [5.74, 6) is 0.0869. The number of nitrogens with zero attached hydrogens (tertiary/aromatic N) is 2. The van der Waals surface area contributed by atoms with Gasteiger partial charge >= 0.3 is 0 Å². The molecule has 0 saturated carbocycles. The SMILES string of the molecule is C=CCOCC=C.Oc1ccccc1N=Nc1cc(-c2ccccc2)ccc1O. The summed E-state index contributed by atoms with van der Waals surface area (Å²) >= 11 is 0. The van der Waals surface area contributed by atoms with Crippen molar-refractivity contribution in [2.75, 3.05) is 13.2 Å². The fourth-order valence-electron chi connectivity index (χ4n) is 2.30. The highest BCUT2D eigenvalue weighted by molar-refractivity contribution is 5.70. The topological polar surface area (TPSA) is 74.4 Å². The van der Waals surface area contributed by atoms with Gasteiger partial charge in [-0.05, 0) is 35.4 Å². The molecule has 0 saturated heterocycles. The fourth-order valence-corrected chi connectivity index (χ4v) is 2.30. The minimum atomic E-state index is 0.0406. The van der Waals surface area contributed by atoms with Crippen molar-refractivity contribution in [1.82, 2.24) is 0 Å². The van der Waals surface area contributed by atoms with Crippen molar-refractivity contribution in [3.63, 3.8) is 0 Å². The van der Waals surface area contributed by atoms with Gasteiger partial charge in [-0.15, -0.1) is 23.4 Å². The van der Waals surface area contributed by atoms with Crippen molar-refractivity contribution < 1.29 is 14.9 Å². The first-order chi connectivity index (χ1) is 14.2. The van der Waals surface area contributed by atoms with E-state index in [4.69, 9.17) is 4.74 Å². The van der Waals surface area contributed by atoms with E-state index in [1.54, 1.807) is 42.5 Å². The van der Waals surface area contributed by atoms with Crippen LogP contribution >= 0.6 is 0 Å². The summed E-state index contributed by atoms with van der Waals surface area (Å²) in [6.45, 7) is 8.18. The Morgan fingerprint density at radius 1 is 0.690 bits per heavy atom. The predicted octanol–water partition coefficient (Wildman–Crippen LogP) is 6.56. The molecule has 0 amide bonds. The molecule has 2 N–H and O–H groups in total. The molecule has 5 nitrogen and oxygen atoms in total. The third-order valence-corrected chi connectivity index (χ3v) is 3.70. The molecule has 0 atom stereocenters. The summed E-state index contributed by atoms with van der Waals surface area (Å²) < 4.78 is 4.90. The van der Waals surface area contributed by atoms with Gasteiger partial charge in [0.1, 0.15) is 22.9 Å². The van der Waals surface area contributed by atoms with Gasteiger partial charge in [-0.2, -0.15) is 0 Å². The van der Waals surface area contributed by atoms with Gasteiger partial charge in [0.05, 0.1) is 13.2 Å². The molecule has 0 radical (unpaired) electrons. The van der Waals surface area contributed by atoms with Crippen LogP contribution in [0.1, 0.15) is 0 Å². The zero-order valence-electron chi connectivity index (χ0n) is 16.1. The molecule has 29 heavy (non-hydrogen) atoms. The molecule has 0 heterocycles. The fraction of sp³-hybridized carbons (Fsp3) is 0.0833. The molecule has 3 aromatic rings. The zero-order chi connectivity index (χ0) is 20.9. The Morgan fingerprint density at radius 3 is 1.93 bits per heavy atom. The Labute approximate surface area is 171 Å². The highest BCUT2D eigenvalue weighted by Gasteiger charge is 2.04. The molecular formula is C24H24N2O3. The number of rotatable bonds is 7. The van der Waals surface area contributed by atoms with E-state index in [9.17, 15) is 10.2 Å². The number of hydrogen-bond acceptors (Lipinski definition) is 5. The molecule has 0 unspecified atom stereocenters. The van der Waals surface area contributed by atoms with Gasteiger partial charge in [-0.25, -0.2) is 0 Å². The lowest BCUT2D eigenvalue weighted by Crippen LogP contribution is -1.87. The van der Waals surface area contributed by atoms with E-state index >= 15 is 0 Å². The Morgan fingerprint density at radius 2 is 1.28 bits per heavy atom. The first-order valence-corrected chi connectivity index (χ1v) is 9.03. The van der Waals surface area contributed by atoms with Crippen molar-refractivity contribution in [2.45, 2.75) is 0 Å². The Bertz CT molecular complexity index is 945. The molecule has 3 rings (SSSR count). The second-order valence-electron chi connectivity index (χ2n) is 5.87. The maximum atomic E-state index is 9.91. The van der Waals surface area contributed by atoms with Gasteiger partial charge in [0.25, 0.3) is 0 Å². The molecule has 148 valence electrons. The minimum absolute atomic E-state index is 0.0406. The number of ether oxygens (including phenoxy) is 1. The van der Waals surface area contributed by atoms with Crippen LogP contribution in [0.15, 0.2) is 108 Å². The first-order valence-electron chi connectivity index (χ1n) is 9.03. The molecule has 0 spiro atoms. The van der Waals surface area contributed by atoms with Gasteiger partial charge in [-0.1, -0.05) is 60.7 Å². The second-order valence-corrected chi connectivity index (χ2v) is 5.87. The van der Waals surface area contributed by atoms with E-state index in [2.05, 4.69) is 23.4 Å². The quantitative estimate of drug-likeness (QED) is 0.274. The summed E-state index contributed by atoms with van der Waals surface area (Å²) in [6, 6.07) is 21.6. The van der Waals surface area contributed by atoms with Crippen LogP contribution < -0.4 is 0 Å². The molecule has 0 aliphatic rings. The molecular weight excluding hydrogens is 364 g/mol. The second kappa shape index (κ2) is 11.9. The van der Waals surface area contributed by atoms with E-state index in [1.807, 2.05) is 36.4 Å². The van der Waals surface area contributed by atoms with E-state index < -0.39 is 0 Å². The number of azo groups is 1. The number of hydrogen-bond donors (Lipinski definition) is 2. The van der Waals surface area contributed by atoms with Crippen LogP contribution in [0.5, 0.6) is 11.5 Å². The van der Waals surface area contributed by atoms with Gasteiger partial charge in [-0.3, -0.25) is 0 Å². The maximum Gasteiger partial charge on any atom is 0.143 e. The van der Waals surface area contributed by atoms with E-state index in [1.165, 1.54) is 6.07 Å². The molecule has 0 fully saturated rings. The summed E-state index contributed by atoms with van der Waals surface area (Å²) in [7, 11) is 0. The molecule has 0 aliphatic carbocycles. The summed E-state index contributed by atoms with van der Waals surface area (Å²) in [6.07, 6.45) is 3.42. The number of phenols is 2. The van der Waals surface area contributed by atoms with Crippen molar-refractivity contribution in [2.24, 2.45) is 10.2 Å². The molecule has 0 bridgehead atoms. The molecule has 0 aliphatic heterocycles. The minimum Gasteiger partial charge on any atom is -0.506 e. The highest BCUT2D eigenvalue weighted by atomic mass is 16.5. The van der Waals surface area contributed by atoms with Gasteiger partial charge < -0.3 is 14.9 Å². The van der Waals surface area contributed by atoms with Gasteiger partial charge in [0, 0.05) is 0 Å². The van der Waals surface area contributed by atoms with E-state index in [0.29, 0.717) is 24.6 Å². The lowest BCUT2D eigenvalue weighted by molar-refractivity contribution is 0.194. The third-order valence-electron chi connectivity index (χ3n) is 3.70. The van der Waals surface area contributed by atoms with Crippen LogP contribution in [0, 0.1) is 0 Å². The number of aromatic hydroxyl groups is 2. The van der Waals surface area contributed by atoms with Crippen LogP contribution in [0.3, 0.4) is 0 Å². The molecule has 3 aromatic carbocycles. The van der Waals surface area contributed by atoms with E-state index in [0.717, 1.165) is 11.1 Å². The largest absolute Gasteiger partial charge is 0.506 e. The number of benzene rings is 3. The monoisotopic (exact) mass is 388 g/mol. The predicted molar refractivity (Wildman–Crippen MR) is 117 cm³/mol. The van der Waals surface area contributed by atoms with Crippen molar-refractivity contribution in [3.05, 3.63) is 98.1 Å². The lowest BCUT2D eigenvalue weighted by Gasteiger charge is -2.04. The van der Waals surface area contributed by atoms with Crippen LogP contribution in [-0.4, -0.2) is 23.4 Å². The van der Waals surface area contributed by atoms with Crippen molar-refractivity contribution >= 4 is 11.4 Å². The van der Waals surface area contributed by atoms with Crippen LogP contribution in [0.4, 0.5) is 11.4 Å². The smallest absolute Gasteiger partial charge is 0.143 e. The van der Waals surface area contributed by atoms with Crippen molar-refractivity contribution in [1.29, 1.82) is 0 Å². The normalized spacial score (nSPS) is 10.2. The van der Waals surface area contributed by atoms with Gasteiger partial charge in [0.2, 0.25) is 0 Å². The maximum absolute atomic E-state index is 9.91. The molecule has 5 heteroatoms. The van der Waals surface area contributed by atoms with Crippen molar-refractivity contribution in [3.8, 4) is 22.6 Å². The first kappa shape index (κ1) is 21.6. The standard InChI is InChI=1S/C18H14N2O2.C6H10O/c21-17-9-5-4-8-15(17)19-20-16-12-14(10-11-18(16)22)13-6-2-1-3-7-13;1-3-5-7-6-4-2/h1-12,21-22H;3-4H,1-2,5-6H2. The zero-order valence-corrected chi connectivity index (χ0v) is 16.1.